The third kappa shape index (κ3) is 22.0. The lowest BCUT2D eigenvalue weighted by molar-refractivity contribution is -0.388. The number of esters is 1. The molecule has 4 unspecified atom stereocenters. The Morgan fingerprint density at radius 2 is 1.52 bits per heavy atom. The maximum absolute atomic E-state index is 13.1. The highest BCUT2D eigenvalue weighted by molar-refractivity contribution is 8.76. The van der Waals surface area contributed by atoms with E-state index in [0.29, 0.717) is 37.7 Å². The fourth-order valence-electron chi connectivity index (χ4n) is 5.01. The average Bonchev–Trinajstić information content (AvgIpc) is 3.18. The molecule has 2 aromatic rings. The molecule has 0 saturated heterocycles. The number of carbonyl (C=O) groups excluding carboxylic acids is 5. The van der Waals surface area contributed by atoms with Crippen LogP contribution in [0.1, 0.15) is 81.2 Å². The van der Waals surface area contributed by atoms with Crippen molar-refractivity contribution in [1.82, 2.24) is 20.9 Å². The molecule has 1 aromatic heterocycles. The SMILES string of the molecule is CC(COCCOC(C)COCC(C)NC(=O)C(C)(C)CC(=O)C(C)C)NC(=O)COc1ccc(COC(=O)C(CSSc2ncccc2[N+](=O)[O-])NC(=O)OC(C)(C)C)cc1. The van der Waals surface area contributed by atoms with E-state index in [1.54, 1.807) is 65.8 Å². The maximum atomic E-state index is 13.1. The minimum atomic E-state index is -1.14. The summed E-state index contributed by atoms with van der Waals surface area (Å²) in [6.45, 7) is 18.8. The summed E-state index contributed by atoms with van der Waals surface area (Å²) in [6.07, 6.45) is 0.555. The summed E-state index contributed by atoms with van der Waals surface area (Å²) in [5.41, 5.74) is -1.20. The van der Waals surface area contributed by atoms with Crippen LogP contribution in [0.5, 0.6) is 5.75 Å². The minimum Gasteiger partial charge on any atom is -0.484 e. The van der Waals surface area contributed by atoms with Crippen molar-refractivity contribution in [2.24, 2.45) is 11.3 Å². The van der Waals surface area contributed by atoms with E-state index in [-0.39, 0.29) is 84.4 Å². The molecule has 1 heterocycles. The van der Waals surface area contributed by atoms with E-state index >= 15 is 0 Å². The van der Waals surface area contributed by atoms with Gasteiger partial charge in [-0.15, -0.1) is 0 Å². The number of nitro groups is 1. The molecule has 18 nitrogen and oxygen atoms in total. The van der Waals surface area contributed by atoms with E-state index in [1.807, 2.05) is 27.7 Å². The van der Waals surface area contributed by atoms with Gasteiger partial charge in [-0.1, -0.05) is 50.6 Å². The first kappa shape index (κ1) is 53.6. The Bertz CT molecular complexity index is 1760. The van der Waals surface area contributed by atoms with Crippen LogP contribution in [0.2, 0.25) is 0 Å². The zero-order chi connectivity index (χ0) is 46.5. The van der Waals surface area contributed by atoms with Gasteiger partial charge in [-0.25, -0.2) is 14.6 Å². The minimum absolute atomic E-state index is 0.00452. The molecule has 1 aromatic carbocycles. The molecule has 20 heteroatoms. The highest BCUT2D eigenvalue weighted by Crippen LogP contribution is 2.36. The molecule has 4 atom stereocenters. The predicted octanol–water partition coefficient (Wildman–Crippen LogP) is 5.83. The monoisotopic (exact) mass is 909 g/mol. The largest absolute Gasteiger partial charge is 0.484 e. The summed E-state index contributed by atoms with van der Waals surface area (Å²) in [6, 6.07) is 7.66. The van der Waals surface area contributed by atoms with Crippen molar-refractivity contribution in [3.63, 3.8) is 0 Å². The number of nitrogens with one attached hydrogen (secondary N) is 3. The lowest BCUT2D eigenvalue weighted by Crippen LogP contribution is -2.45. The van der Waals surface area contributed by atoms with Gasteiger partial charge < -0.3 is 44.4 Å². The van der Waals surface area contributed by atoms with Crippen molar-refractivity contribution in [2.45, 2.75) is 117 Å². The molecule has 346 valence electrons. The summed E-state index contributed by atoms with van der Waals surface area (Å²) in [5.74, 6) is -0.960. The van der Waals surface area contributed by atoms with Crippen molar-refractivity contribution < 1.29 is 57.3 Å². The molecule has 0 aliphatic rings. The van der Waals surface area contributed by atoms with Crippen molar-refractivity contribution in [1.29, 1.82) is 0 Å². The van der Waals surface area contributed by atoms with Crippen LogP contribution in [0.15, 0.2) is 47.6 Å². The van der Waals surface area contributed by atoms with Crippen LogP contribution in [0.3, 0.4) is 0 Å². The fourth-order valence-corrected chi connectivity index (χ4v) is 7.21. The van der Waals surface area contributed by atoms with Crippen LogP contribution in [0.25, 0.3) is 0 Å². The molecule has 0 saturated carbocycles. The molecule has 2 rings (SSSR count). The van der Waals surface area contributed by atoms with Crippen molar-refractivity contribution in [3.05, 3.63) is 58.3 Å². The zero-order valence-corrected chi connectivity index (χ0v) is 38.9. The number of aromatic nitrogens is 1. The number of carbonyl (C=O) groups is 5. The highest BCUT2D eigenvalue weighted by atomic mass is 33.1. The first-order valence-corrected chi connectivity index (χ1v) is 22.5. The molecular formula is C42H63N5O13S2. The van der Waals surface area contributed by atoms with Crippen LogP contribution in [0.4, 0.5) is 10.5 Å². The van der Waals surface area contributed by atoms with Gasteiger partial charge in [-0.05, 0) is 76.1 Å². The Morgan fingerprint density at radius 3 is 2.16 bits per heavy atom. The van der Waals surface area contributed by atoms with Crippen LogP contribution < -0.4 is 20.7 Å². The molecule has 0 bridgehead atoms. The van der Waals surface area contributed by atoms with Crippen molar-refractivity contribution in [2.75, 3.05) is 45.4 Å². The number of alkyl carbamates (subject to hydrolysis) is 1. The molecule has 3 amide bonds. The first-order valence-electron chi connectivity index (χ1n) is 20.2. The summed E-state index contributed by atoms with van der Waals surface area (Å²) in [7, 11) is 2.07. The predicted molar refractivity (Wildman–Crippen MR) is 235 cm³/mol. The molecule has 62 heavy (non-hydrogen) atoms. The van der Waals surface area contributed by atoms with Gasteiger partial charge in [0.25, 0.3) is 5.91 Å². The normalized spacial score (nSPS) is 13.6. The number of Topliss-reactive ketones (excluding diaryl/α,β-unsaturated/α-hetero) is 1. The second-order valence-electron chi connectivity index (χ2n) is 16.5. The van der Waals surface area contributed by atoms with E-state index in [2.05, 4.69) is 20.9 Å². The van der Waals surface area contributed by atoms with Gasteiger partial charge in [0.2, 0.25) is 5.91 Å². The molecule has 0 fully saturated rings. The summed E-state index contributed by atoms with van der Waals surface area (Å²) in [5, 5.41) is 19.7. The Balaban J connectivity index is 1.68. The fraction of sp³-hybridized carbons (Fsp3) is 0.619. The third-order valence-corrected chi connectivity index (χ3v) is 10.6. The number of pyridine rings is 1. The lowest BCUT2D eigenvalue weighted by Gasteiger charge is -2.26. The third-order valence-electron chi connectivity index (χ3n) is 8.35. The summed E-state index contributed by atoms with van der Waals surface area (Å²) >= 11 is 0. The van der Waals surface area contributed by atoms with E-state index < -0.39 is 34.0 Å². The van der Waals surface area contributed by atoms with Crippen molar-refractivity contribution in [3.8, 4) is 5.75 Å². The van der Waals surface area contributed by atoms with E-state index in [9.17, 15) is 34.1 Å². The van der Waals surface area contributed by atoms with Gasteiger partial charge in [0.1, 0.15) is 29.8 Å². The van der Waals surface area contributed by atoms with Crippen LogP contribution >= 0.6 is 21.6 Å². The van der Waals surface area contributed by atoms with Gasteiger partial charge >= 0.3 is 17.7 Å². The lowest BCUT2D eigenvalue weighted by atomic mass is 9.83. The first-order chi connectivity index (χ1) is 29.1. The van der Waals surface area contributed by atoms with Crippen LogP contribution in [-0.2, 0) is 49.5 Å². The smallest absolute Gasteiger partial charge is 0.408 e. The van der Waals surface area contributed by atoms with Crippen LogP contribution in [-0.4, -0.2) is 115 Å². The molecule has 0 spiro atoms. The Kier molecular flexibility index (Phi) is 23.2. The number of amides is 3. The van der Waals surface area contributed by atoms with Gasteiger partial charge in [0, 0.05) is 42.4 Å². The number of rotatable bonds is 28. The number of nitrogens with zero attached hydrogens (tertiary/aromatic N) is 2. The Morgan fingerprint density at radius 1 is 0.855 bits per heavy atom. The maximum Gasteiger partial charge on any atom is 0.408 e. The Labute approximate surface area is 371 Å². The van der Waals surface area contributed by atoms with Crippen molar-refractivity contribution >= 4 is 56.9 Å². The molecular weight excluding hydrogens is 847 g/mol. The topological polar surface area (TPSA) is 233 Å². The van der Waals surface area contributed by atoms with E-state index in [4.69, 9.17) is 28.4 Å². The van der Waals surface area contributed by atoms with Gasteiger partial charge in [0.15, 0.2) is 11.6 Å². The molecule has 3 N–H and O–H groups in total. The van der Waals surface area contributed by atoms with Gasteiger partial charge in [0.05, 0.1) is 49.5 Å². The molecule has 0 radical (unpaired) electrons. The summed E-state index contributed by atoms with van der Waals surface area (Å²) in [4.78, 5) is 77.7. The molecule has 0 aliphatic carbocycles. The highest BCUT2D eigenvalue weighted by Gasteiger charge is 2.32. The number of hydrogen-bond acceptors (Lipinski definition) is 16. The number of ketones is 1. The van der Waals surface area contributed by atoms with Gasteiger partial charge in [-0.3, -0.25) is 24.5 Å². The standard InChI is InChI=1S/C42H63N5O13S2/c1-27(2)35(48)20-42(9,10)39(51)45-29(4)22-56-23-30(5)57-19-18-55-21-28(3)44-36(49)25-58-32-15-13-31(14-16-32)24-59-38(50)33(46-40(52)60-41(6,7)8)26-61-62-37-34(47(53)54)12-11-17-43-37/h11-17,27-30,33H,18-26H2,1-10H3,(H,44,49)(H,45,51)(H,46,52). The zero-order valence-electron chi connectivity index (χ0n) is 37.3. The second-order valence-corrected chi connectivity index (χ2v) is 18.8. The number of benzene rings is 1. The Hall–Kier alpha value is -4.50. The van der Waals surface area contributed by atoms with Gasteiger partial charge in [-0.2, -0.15) is 0 Å². The molecule has 0 aliphatic heterocycles. The second kappa shape index (κ2) is 26.9. The van der Waals surface area contributed by atoms with E-state index in [1.165, 1.54) is 18.3 Å². The quantitative estimate of drug-likeness (QED) is 0.0299. The average molecular weight is 910 g/mol. The summed E-state index contributed by atoms with van der Waals surface area (Å²) < 4.78 is 33.5. The van der Waals surface area contributed by atoms with E-state index in [0.717, 1.165) is 21.6 Å². The number of hydrogen-bond donors (Lipinski definition) is 3. The van der Waals surface area contributed by atoms with Crippen LogP contribution in [0, 0.1) is 21.4 Å². The number of ether oxygens (including phenoxy) is 6.